The number of nitriles is 3. The molecule has 78 valence electrons. The molecular formula is C11H5F2N3. The fourth-order valence-electron chi connectivity index (χ4n) is 1.38. The van der Waals surface area contributed by atoms with E-state index in [1.54, 1.807) is 12.1 Å². The van der Waals surface area contributed by atoms with Gasteiger partial charge in [-0.25, -0.2) is 8.78 Å². The lowest BCUT2D eigenvalue weighted by atomic mass is 9.96. The molecule has 0 aliphatic heterocycles. The molecule has 0 aliphatic carbocycles. The van der Waals surface area contributed by atoms with Gasteiger partial charge in [-0.05, 0) is 18.1 Å². The molecule has 5 heteroatoms. The number of halogens is 2. The molecule has 0 aromatic heterocycles. The molecule has 1 aromatic carbocycles. The van der Waals surface area contributed by atoms with Gasteiger partial charge in [0.25, 0.3) is 0 Å². The van der Waals surface area contributed by atoms with Crippen LogP contribution in [0.3, 0.4) is 0 Å². The van der Waals surface area contributed by atoms with E-state index in [0.717, 1.165) is 0 Å². The van der Waals surface area contributed by atoms with Gasteiger partial charge in [0.1, 0.15) is 23.5 Å². The third kappa shape index (κ3) is 1.58. The Morgan fingerprint density at radius 1 is 1.00 bits per heavy atom. The fourth-order valence-corrected chi connectivity index (χ4v) is 1.38. The summed E-state index contributed by atoms with van der Waals surface area (Å²) in [6.45, 7) is 1.31. The van der Waals surface area contributed by atoms with E-state index >= 15 is 0 Å². The first kappa shape index (κ1) is 11.6. The summed E-state index contributed by atoms with van der Waals surface area (Å²) in [5.74, 6) is -2.21. The fraction of sp³-hybridized carbons (Fsp3) is 0.182. The predicted molar refractivity (Wildman–Crippen MR) is 49.8 cm³/mol. The Bertz CT molecular complexity index is 571. The number of benzene rings is 1. The van der Waals surface area contributed by atoms with Gasteiger partial charge in [0.2, 0.25) is 0 Å². The molecule has 0 saturated heterocycles. The lowest BCUT2D eigenvalue weighted by molar-refractivity contribution is 0.565. The summed E-state index contributed by atoms with van der Waals surface area (Å²) in [5.41, 5.74) is -1.25. The minimum Gasteiger partial charge on any atom is -0.205 e. The average Bonchev–Trinajstić information content (AvgIpc) is 2.27. The normalized spacial score (nSPS) is 9.00. The van der Waals surface area contributed by atoms with Crippen LogP contribution in [-0.2, 0) is 6.42 Å². The minimum atomic E-state index is -1.20. The van der Waals surface area contributed by atoms with E-state index in [-0.39, 0.29) is 17.5 Å². The summed E-state index contributed by atoms with van der Waals surface area (Å²) in [7, 11) is 0. The van der Waals surface area contributed by atoms with Crippen LogP contribution in [0.25, 0.3) is 0 Å². The maximum absolute atomic E-state index is 13.5. The zero-order chi connectivity index (χ0) is 12.3. The van der Waals surface area contributed by atoms with Crippen LogP contribution in [0.4, 0.5) is 8.78 Å². The van der Waals surface area contributed by atoms with Gasteiger partial charge in [-0.3, -0.25) is 0 Å². The molecule has 0 spiro atoms. The molecule has 3 nitrogen and oxygen atoms in total. The van der Waals surface area contributed by atoms with E-state index in [9.17, 15) is 8.78 Å². The zero-order valence-corrected chi connectivity index (χ0v) is 8.30. The van der Waals surface area contributed by atoms with Crippen molar-refractivity contribution in [3.63, 3.8) is 0 Å². The number of hydrogen-bond donors (Lipinski definition) is 0. The highest BCUT2D eigenvalue weighted by Crippen LogP contribution is 2.25. The summed E-state index contributed by atoms with van der Waals surface area (Å²) >= 11 is 0. The van der Waals surface area contributed by atoms with Crippen LogP contribution < -0.4 is 0 Å². The number of hydrogen-bond acceptors (Lipinski definition) is 3. The van der Waals surface area contributed by atoms with E-state index in [0.29, 0.717) is 0 Å². The quantitative estimate of drug-likeness (QED) is 0.722. The third-order valence-corrected chi connectivity index (χ3v) is 2.22. The van der Waals surface area contributed by atoms with Gasteiger partial charge in [0.05, 0.1) is 18.1 Å². The Hall–Kier alpha value is -2.45. The zero-order valence-electron chi connectivity index (χ0n) is 8.30. The van der Waals surface area contributed by atoms with Crippen LogP contribution >= 0.6 is 0 Å². The van der Waals surface area contributed by atoms with Crippen molar-refractivity contribution in [3.8, 4) is 18.2 Å². The first-order valence-corrected chi connectivity index (χ1v) is 4.26. The van der Waals surface area contributed by atoms with Gasteiger partial charge >= 0.3 is 0 Å². The van der Waals surface area contributed by atoms with Gasteiger partial charge in [0, 0.05) is 0 Å². The topological polar surface area (TPSA) is 71.4 Å². The molecule has 0 aliphatic rings. The molecule has 0 bridgehead atoms. The van der Waals surface area contributed by atoms with Crippen molar-refractivity contribution in [2.45, 2.75) is 13.3 Å². The highest BCUT2D eigenvalue weighted by molar-refractivity contribution is 5.52. The predicted octanol–water partition coefficient (Wildman–Crippen LogP) is 2.08. The molecule has 0 amide bonds. The molecule has 0 N–H and O–H groups in total. The first-order valence-electron chi connectivity index (χ1n) is 4.26. The Kier molecular flexibility index (Phi) is 3.18. The largest absolute Gasteiger partial charge is 0.205 e. The second-order valence-corrected chi connectivity index (χ2v) is 3.04. The van der Waals surface area contributed by atoms with Crippen LogP contribution in [0, 0.1) is 52.6 Å². The maximum Gasteiger partial charge on any atom is 0.162 e. The van der Waals surface area contributed by atoms with E-state index in [1.165, 1.54) is 13.0 Å². The smallest absolute Gasteiger partial charge is 0.162 e. The van der Waals surface area contributed by atoms with Crippen LogP contribution in [-0.4, -0.2) is 0 Å². The van der Waals surface area contributed by atoms with Crippen molar-refractivity contribution in [3.05, 3.63) is 33.9 Å². The van der Waals surface area contributed by atoms with E-state index < -0.39 is 22.8 Å². The average molecular weight is 217 g/mol. The highest BCUT2D eigenvalue weighted by atomic mass is 19.1. The highest BCUT2D eigenvalue weighted by Gasteiger charge is 2.21. The van der Waals surface area contributed by atoms with Gasteiger partial charge in [-0.1, -0.05) is 0 Å². The maximum atomic E-state index is 13.5. The van der Waals surface area contributed by atoms with Gasteiger partial charge in [0.15, 0.2) is 5.82 Å². The molecular weight excluding hydrogens is 212 g/mol. The summed E-state index contributed by atoms with van der Waals surface area (Å²) < 4.78 is 27.0. The third-order valence-electron chi connectivity index (χ3n) is 2.22. The van der Waals surface area contributed by atoms with Crippen molar-refractivity contribution < 1.29 is 8.78 Å². The summed E-state index contributed by atoms with van der Waals surface area (Å²) in [4.78, 5) is 0. The minimum absolute atomic E-state index is 0.000926. The number of nitrogens with zero attached hydrogens (tertiary/aromatic N) is 3. The van der Waals surface area contributed by atoms with Crippen LogP contribution in [0.15, 0.2) is 0 Å². The second-order valence-electron chi connectivity index (χ2n) is 3.04. The summed E-state index contributed by atoms with van der Waals surface area (Å²) in [5, 5.41) is 25.8. The first-order chi connectivity index (χ1) is 7.58. The van der Waals surface area contributed by atoms with Crippen LogP contribution in [0.5, 0.6) is 0 Å². The van der Waals surface area contributed by atoms with Crippen molar-refractivity contribution in [2.24, 2.45) is 0 Å². The van der Waals surface area contributed by atoms with Gasteiger partial charge < -0.3 is 0 Å². The molecule has 0 atom stereocenters. The van der Waals surface area contributed by atoms with Gasteiger partial charge in [-0.15, -0.1) is 0 Å². The van der Waals surface area contributed by atoms with E-state index in [2.05, 4.69) is 0 Å². The van der Waals surface area contributed by atoms with E-state index in [4.69, 9.17) is 15.8 Å². The molecule has 0 heterocycles. The van der Waals surface area contributed by atoms with Crippen molar-refractivity contribution in [1.29, 1.82) is 15.8 Å². The lowest BCUT2D eigenvalue weighted by Gasteiger charge is -2.08. The molecule has 16 heavy (non-hydrogen) atoms. The van der Waals surface area contributed by atoms with Crippen LogP contribution in [0.1, 0.15) is 22.3 Å². The molecule has 0 saturated carbocycles. The molecule has 0 unspecified atom stereocenters. The molecule has 0 radical (unpaired) electrons. The molecule has 1 rings (SSSR count). The van der Waals surface area contributed by atoms with Crippen molar-refractivity contribution >= 4 is 0 Å². The monoisotopic (exact) mass is 217 g/mol. The Labute approximate surface area is 90.8 Å². The Morgan fingerprint density at radius 2 is 1.56 bits per heavy atom. The Balaban J connectivity index is 3.75. The van der Waals surface area contributed by atoms with E-state index in [1.807, 2.05) is 0 Å². The van der Waals surface area contributed by atoms with Crippen molar-refractivity contribution in [2.75, 3.05) is 0 Å². The lowest BCUT2D eigenvalue weighted by Crippen LogP contribution is -2.05. The Morgan fingerprint density at radius 3 is 2.00 bits per heavy atom. The molecule has 1 aromatic rings. The SMILES string of the molecule is Cc1c(F)c(C#N)c(F)c(C#N)c1CC#N. The second kappa shape index (κ2) is 4.38. The molecule has 0 fully saturated rings. The summed E-state index contributed by atoms with van der Waals surface area (Å²) in [6, 6.07) is 4.64. The van der Waals surface area contributed by atoms with Crippen molar-refractivity contribution in [1.82, 2.24) is 0 Å². The summed E-state index contributed by atoms with van der Waals surface area (Å²) in [6.07, 6.45) is -0.270. The number of rotatable bonds is 1. The van der Waals surface area contributed by atoms with Gasteiger partial charge in [-0.2, -0.15) is 15.8 Å². The van der Waals surface area contributed by atoms with Crippen LogP contribution in [0.2, 0.25) is 0 Å². The standard InChI is InChI=1S/C11H5F2N3/c1-6-7(2-3-14)8(4-15)11(13)9(5-16)10(6)12/h2H2,1H3.